The van der Waals surface area contributed by atoms with Gasteiger partial charge >= 0.3 is 5.97 Å². The Morgan fingerprint density at radius 3 is 2.50 bits per heavy atom. The summed E-state index contributed by atoms with van der Waals surface area (Å²) < 4.78 is 0. The fourth-order valence-electron chi connectivity index (χ4n) is 0.544. The zero-order valence-corrected chi connectivity index (χ0v) is 6.54. The minimum absolute atomic E-state index is 0.161. The first-order chi connectivity index (χ1) is 5.66. The molecule has 0 atom stereocenters. The summed E-state index contributed by atoms with van der Waals surface area (Å²) in [7, 11) is 0. The lowest BCUT2D eigenvalue weighted by Crippen LogP contribution is -2.31. The molecule has 6 heteroatoms. The highest BCUT2D eigenvalue weighted by Gasteiger charge is 2.01. The average molecular weight is 176 g/mol. The summed E-state index contributed by atoms with van der Waals surface area (Å²) in [5.41, 5.74) is 0. The van der Waals surface area contributed by atoms with Crippen LogP contribution in [0.1, 0.15) is 6.42 Å². The molecular weight excluding hydrogens is 164 g/mol. The Morgan fingerprint density at radius 2 is 2.00 bits per heavy atom. The Morgan fingerprint density at radius 1 is 1.33 bits per heavy atom. The molecule has 0 unspecified atom stereocenters. The topological polar surface area (TPSA) is 98.7 Å². The fourth-order valence-corrected chi connectivity index (χ4v) is 0.544. The van der Waals surface area contributed by atoms with E-state index in [2.05, 4.69) is 10.6 Å². The van der Waals surface area contributed by atoms with E-state index in [1.54, 1.807) is 0 Å². The molecule has 12 heavy (non-hydrogen) atoms. The number of hydrogen-bond donors (Lipinski definition) is 4. The lowest BCUT2D eigenvalue weighted by Gasteiger charge is -2.01. The van der Waals surface area contributed by atoms with E-state index in [1.165, 1.54) is 0 Å². The average Bonchev–Trinajstić information content (AvgIpc) is 2.01. The Kier molecular flexibility index (Phi) is 5.94. The van der Waals surface area contributed by atoms with Crippen LogP contribution in [0.2, 0.25) is 0 Å². The van der Waals surface area contributed by atoms with Gasteiger partial charge in [-0.1, -0.05) is 0 Å². The van der Waals surface area contributed by atoms with Gasteiger partial charge in [-0.15, -0.1) is 0 Å². The number of aliphatic hydroxyl groups excluding tert-OH is 1. The van der Waals surface area contributed by atoms with Gasteiger partial charge in [0.15, 0.2) is 0 Å². The molecule has 0 spiro atoms. The van der Waals surface area contributed by atoms with Crippen LogP contribution in [0.3, 0.4) is 0 Å². The molecular formula is C6H12N2O4. The largest absolute Gasteiger partial charge is 0.480 e. The van der Waals surface area contributed by atoms with Gasteiger partial charge in [0.25, 0.3) is 0 Å². The van der Waals surface area contributed by atoms with Crippen LogP contribution >= 0.6 is 0 Å². The SMILES string of the molecule is O=C(O)CNC(=O)CCNCO. The van der Waals surface area contributed by atoms with E-state index in [1.807, 2.05) is 0 Å². The summed E-state index contributed by atoms with van der Waals surface area (Å²) in [4.78, 5) is 20.7. The van der Waals surface area contributed by atoms with Gasteiger partial charge in [-0.25, -0.2) is 0 Å². The Balaban J connectivity index is 3.28. The molecule has 0 radical (unpaired) electrons. The second-order valence-corrected chi connectivity index (χ2v) is 2.08. The number of carboxylic acids is 1. The van der Waals surface area contributed by atoms with Crippen LogP contribution < -0.4 is 10.6 Å². The van der Waals surface area contributed by atoms with Gasteiger partial charge < -0.3 is 15.5 Å². The second-order valence-electron chi connectivity index (χ2n) is 2.08. The van der Waals surface area contributed by atoms with Crippen molar-refractivity contribution in [3.05, 3.63) is 0 Å². The summed E-state index contributed by atoms with van der Waals surface area (Å²) in [5, 5.41) is 21.1. The molecule has 0 saturated heterocycles. The van der Waals surface area contributed by atoms with Gasteiger partial charge in [0.2, 0.25) is 5.91 Å². The first-order valence-corrected chi connectivity index (χ1v) is 3.47. The third-order valence-electron chi connectivity index (χ3n) is 1.08. The summed E-state index contributed by atoms with van der Waals surface area (Å²) >= 11 is 0. The van der Waals surface area contributed by atoms with E-state index >= 15 is 0 Å². The lowest BCUT2D eigenvalue weighted by atomic mass is 10.4. The maximum Gasteiger partial charge on any atom is 0.322 e. The maximum atomic E-state index is 10.7. The van der Waals surface area contributed by atoms with Gasteiger partial charge in [-0.05, 0) is 0 Å². The van der Waals surface area contributed by atoms with Crippen molar-refractivity contribution in [2.45, 2.75) is 6.42 Å². The molecule has 0 aliphatic rings. The number of aliphatic carboxylic acids is 1. The molecule has 0 saturated carbocycles. The van der Waals surface area contributed by atoms with E-state index in [0.717, 1.165) is 0 Å². The van der Waals surface area contributed by atoms with Gasteiger partial charge in [0, 0.05) is 13.0 Å². The zero-order chi connectivity index (χ0) is 9.40. The third-order valence-corrected chi connectivity index (χ3v) is 1.08. The van der Waals surface area contributed by atoms with Crippen molar-refractivity contribution < 1.29 is 19.8 Å². The zero-order valence-electron chi connectivity index (χ0n) is 6.54. The maximum absolute atomic E-state index is 10.7. The number of carbonyl (C=O) groups excluding carboxylic acids is 1. The molecule has 0 heterocycles. The minimum Gasteiger partial charge on any atom is -0.480 e. The molecule has 4 N–H and O–H groups in total. The number of rotatable bonds is 6. The lowest BCUT2D eigenvalue weighted by molar-refractivity contribution is -0.137. The molecule has 0 fully saturated rings. The van der Waals surface area contributed by atoms with Crippen LogP contribution in [-0.4, -0.2) is 41.9 Å². The number of aliphatic hydroxyl groups is 1. The number of amides is 1. The van der Waals surface area contributed by atoms with E-state index < -0.39 is 5.97 Å². The van der Waals surface area contributed by atoms with Gasteiger partial charge in [-0.2, -0.15) is 0 Å². The summed E-state index contributed by atoms with van der Waals surface area (Å²) in [6.07, 6.45) is 0.161. The van der Waals surface area contributed by atoms with Crippen molar-refractivity contribution in [1.82, 2.24) is 10.6 Å². The highest BCUT2D eigenvalue weighted by atomic mass is 16.4. The predicted octanol–water partition coefficient (Wildman–Crippen LogP) is -1.88. The first-order valence-electron chi connectivity index (χ1n) is 3.47. The summed E-state index contributed by atoms with van der Waals surface area (Å²) in [6.45, 7) is -0.216. The van der Waals surface area contributed by atoms with Crippen LogP contribution in [0.4, 0.5) is 0 Å². The molecule has 0 aromatic heterocycles. The van der Waals surface area contributed by atoms with Crippen LogP contribution in [0, 0.1) is 0 Å². The van der Waals surface area contributed by atoms with E-state index in [9.17, 15) is 9.59 Å². The van der Waals surface area contributed by atoms with Crippen LogP contribution in [0.15, 0.2) is 0 Å². The van der Waals surface area contributed by atoms with Crippen LogP contribution in [0.5, 0.6) is 0 Å². The summed E-state index contributed by atoms with van der Waals surface area (Å²) in [6, 6.07) is 0. The van der Waals surface area contributed by atoms with Gasteiger partial charge in [-0.3, -0.25) is 14.9 Å². The molecule has 6 nitrogen and oxygen atoms in total. The Hall–Kier alpha value is -1.14. The molecule has 0 rings (SSSR count). The number of carbonyl (C=O) groups is 2. The number of nitrogens with one attached hydrogen (secondary N) is 2. The fraction of sp³-hybridized carbons (Fsp3) is 0.667. The molecule has 1 amide bonds. The smallest absolute Gasteiger partial charge is 0.322 e. The summed E-state index contributed by atoms with van der Waals surface area (Å²) in [5.74, 6) is -1.42. The highest BCUT2D eigenvalue weighted by molar-refractivity contribution is 5.81. The molecule has 0 aromatic carbocycles. The van der Waals surface area contributed by atoms with Crippen molar-refractivity contribution in [3.63, 3.8) is 0 Å². The van der Waals surface area contributed by atoms with Gasteiger partial charge in [0.05, 0.1) is 6.73 Å². The number of hydrogen-bond acceptors (Lipinski definition) is 4. The molecule has 0 aromatic rings. The Labute approximate surface area is 69.6 Å². The van der Waals surface area contributed by atoms with Crippen molar-refractivity contribution in [1.29, 1.82) is 0 Å². The molecule has 0 aliphatic heterocycles. The standard InChI is InChI=1S/C6H12N2O4/c9-4-7-2-1-5(10)8-3-6(11)12/h7,9H,1-4H2,(H,8,10)(H,11,12). The Bertz CT molecular complexity index is 160. The van der Waals surface area contributed by atoms with E-state index in [4.69, 9.17) is 10.2 Å². The number of carboxylic acid groups (broad SMARTS) is 1. The van der Waals surface area contributed by atoms with Gasteiger partial charge in [0.1, 0.15) is 6.54 Å². The van der Waals surface area contributed by atoms with Crippen molar-refractivity contribution in [2.24, 2.45) is 0 Å². The molecule has 70 valence electrons. The minimum atomic E-state index is -1.07. The highest BCUT2D eigenvalue weighted by Crippen LogP contribution is 1.75. The monoisotopic (exact) mass is 176 g/mol. The van der Waals surface area contributed by atoms with Crippen molar-refractivity contribution in [2.75, 3.05) is 19.8 Å². The van der Waals surface area contributed by atoms with E-state index in [-0.39, 0.29) is 25.6 Å². The normalized spacial score (nSPS) is 9.42. The predicted molar refractivity (Wildman–Crippen MR) is 40.4 cm³/mol. The van der Waals surface area contributed by atoms with Crippen LogP contribution in [0.25, 0.3) is 0 Å². The second kappa shape index (κ2) is 6.56. The quantitative estimate of drug-likeness (QED) is 0.280. The third kappa shape index (κ3) is 6.97. The first kappa shape index (κ1) is 10.9. The van der Waals surface area contributed by atoms with Crippen molar-refractivity contribution >= 4 is 11.9 Å². The molecule has 0 aliphatic carbocycles. The van der Waals surface area contributed by atoms with Crippen LogP contribution in [-0.2, 0) is 9.59 Å². The molecule has 0 bridgehead atoms. The van der Waals surface area contributed by atoms with Crippen molar-refractivity contribution in [3.8, 4) is 0 Å². The van der Waals surface area contributed by atoms with E-state index in [0.29, 0.717) is 6.54 Å².